The van der Waals surface area contributed by atoms with E-state index in [0.29, 0.717) is 27.6 Å². The Morgan fingerprint density at radius 2 is 1.84 bits per heavy atom. The third kappa shape index (κ3) is 3.98. The molecule has 0 spiro atoms. The van der Waals surface area contributed by atoms with Gasteiger partial charge < -0.3 is 20.9 Å². The summed E-state index contributed by atoms with van der Waals surface area (Å²) in [6, 6.07) is 13.4. The minimum Gasteiger partial charge on any atom is -0.384 e. The predicted octanol–water partition coefficient (Wildman–Crippen LogP) is 2.55. The molecule has 0 bridgehead atoms. The quantitative estimate of drug-likeness (QED) is 0.431. The number of nitrogens with one attached hydrogen (secondary N) is 1. The number of fused-ring (bicyclic) bond motifs is 1. The second-order valence-corrected chi connectivity index (χ2v) is 7.70. The van der Waals surface area contributed by atoms with Gasteiger partial charge in [0.25, 0.3) is 11.8 Å². The molecule has 160 valence electrons. The van der Waals surface area contributed by atoms with Crippen molar-refractivity contribution >= 4 is 28.6 Å². The lowest BCUT2D eigenvalue weighted by Gasteiger charge is -2.18. The zero-order valence-electron chi connectivity index (χ0n) is 16.6. The molecule has 2 amide bonds. The Labute approximate surface area is 176 Å². The number of aromatic nitrogens is 1. The van der Waals surface area contributed by atoms with Crippen molar-refractivity contribution in [2.45, 2.75) is 18.9 Å². The minimum atomic E-state index is -2.90. The standard InChI is InChI=1S/C22H21F2N5O2/c23-22(24)6-7-28(12-22)21(31)18-9-14-4-5-15(19(25)26)10-17(14)29(18)11-13-2-1-3-16(8-13)20(27)30/h1-5,8-10H,6-7,11-12H2,(H3,25,26)(H2,27,30). The summed E-state index contributed by atoms with van der Waals surface area (Å²) < 4.78 is 29.1. The Morgan fingerprint density at radius 1 is 1.06 bits per heavy atom. The number of primary amides is 1. The van der Waals surface area contributed by atoms with Crippen molar-refractivity contribution in [2.24, 2.45) is 11.5 Å². The average Bonchev–Trinajstić information content (AvgIpc) is 3.27. The average molecular weight is 425 g/mol. The largest absolute Gasteiger partial charge is 0.384 e. The van der Waals surface area contributed by atoms with Crippen molar-refractivity contribution in [3.63, 3.8) is 0 Å². The van der Waals surface area contributed by atoms with E-state index in [9.17, 15) is 18.4 Å². The molecule has 0 aliphatic carbocycles. The molecular weight excluding hydrogens is 404 g/mol. The highest BCUT2D eigenvalue weighted by molar-refractivity contribution is 6.02. The number of nitrogen functional groups attached to an aromatic ring is 1. The number of carbonyl (C=O) groups is 2. The fourth-order valence-corrected chi connectivity index (χ4v) is 3.85. The Balaban J connectivity index is 1.82. The summed E-state index contributed by atoms with van der Waals surface area (Å²) in [5.74, 6) is -4.10. The number of amides is 2. The molecule has 0 saturated carbocycles. The van der Waals surface area contributed by atoms with Gasteiger partial charge in [-0.25, -0.2) is 8.78 Å². The number of rotatable bonds is 5. The number of alkyl halides is 2. The van der Waals surface area contributed by atoms with Crippen LogP contribution in [-0.4, -0.2) is 46.1 Å². The molecule has 2 aromatic carbocycles. The van der Waals surface area contributed by atoms with Crippen molar-refractivity contribution < 1.29 is 18.4 Å². The highest BCUT2D eigenvalue weighted by Crippen LogP contribution is 2.30. The molecule has 1 saturated heterocycles. The number of hydrogen-bond donors (Lipinski definition) is 3. The van der Waals surface area contributed by atoms with Crippen LogP contribution in [0.5, 0.6) is 0 Å². The molecule has 7 nitrogen and oxygen atoms in total. The second-order valence-electron chi connectivity index (χ2n) is 7.70. The molecule has 0 atom stereocenters. The summed E-state index contributed by atoms with van der Waals surface area (Å²) in [6.07, 6.45) is -0.367. The molecule has 5 N–H and O–H groups in total. The molecule has 0 radical (unpaired) electrons. The van der Waals surface area contributed by atoms with Crippen molar-refractivity contribution in [3.05, 3.63) is 70.9 Å². The van der Waals surface area contributed by atoms with Gasteiger partial charge in [0.2, 0.25) is 5.91 Å². The molecule has 3 aromatic rings. The van der Waals surface area contributed by atoms with Crippen LogP contribution in [0.25, 0.3) is 10.9 Å². The molecular formula is C22H21F2N5O2. The van der Waals surface area contributed by atoms with Crippen LogP contribution in [0.2, 0.25) is 0 Å². The van der Waals surface area contributed by atoms with Gasteiger partial charge in [-0.1, -0.05) is 24.3 Å². The lowest BCUT2D eigenvalue weighted by molar-refractivity contribution is 0.0119. The predicted molar refractivity (Wildman–Crippen MR) is 112 cm³/mol. The van der Waals surface area contributed by atoms with Crippen molar-refractivity contribution in [2.75, 3.05) is 13.1 Å². The van der Waals surface area contributed by atoms with Crippen LogP contribution in [-0.2, 0) is 6.54 Å². The van der Waals surface area contributed by atoms with E-state index in [2.05, 4.69) is 0 Å². The third-order valence-corrected chi connectivity index (χ3v) is 5.44. The minimum absolute atomic E-state index is 0.0246. The molecule has 4 rings (SSSR count). The van der Waals surface area contributed by atoms with Crippen LogP contribution in [0.1, 0.15) is 38.4 Å². The first kappa shape index (κ1) is 20.5. The van der Waals surface area contributed by atoms with Gasteiger partial charge >= 0.3 is 0 Å². The summed E-state index contributed by atoms with van der Waals surface area (Å²) in [5.41, 5.74) is 13.4. The molecule has 1 fully saturated rings. The van der Waals surface area contributed by atoms with Crippen LogP contribution in [0.3, 0.4) is 0 Å². The number of hydrogen-bond acceptors (Lipinski definition) is 3. The van der Waals surface area contributed by atoms with Crippen LogP contribution in [0.4, 0.5) is 8.78 Å². The first-order chi connectivity index (χ1) is 14.6. The zero-order chi connectivity index (χ0) is 22.3. The fourth-order valence-electron chi connectivity index (χ4n) is 3.85. The summed E-state index contributed by atoms with van der Waals surface area (Å²) >= 11 is 0. The normalized spacial score (nSPS) is 15.4. The van der Waals surface area contributed by atoms with Gasteiger partial charge in [-0.3, -0.25) is 15.0 Å². The number of carbonyl (C=O) groups excluding carboxylic acids is 2. The maximum atomic E-state index is 13.7. The molecule has 1 aliphatic heterocycles. The lowest BCUT2D eigenvalue weighted by atomic mass is 10.1. The van der Waals surface area contributed by atoms with E-state index in [1.54, 1.807) is 53.1 Å². The number of halogens is 2. The second kappa shape index (κ2) is 7.50. The summed E-state index contributed by atoms with van der Waals surface area (Å²) in [7, 11) is 0. The van der Waals surface area contributed by atoms with Crippen LogP contribution in [0, 0.1) is 5.41 Å². The van der Waals surface area contributed by atoms with E-state index in [-0.39, 0.29) is 31.0 Å². The Kier molecular flexibility index (Phi) is 4.96. The highest BCUT2D eigenvalue weighted by Gasteiger charge is 2.41. The number of amidine groups is 1. The summed E-state index contributed by atoms with van der Waals surface area (Å²) in [6.45, 7) is -0.441. The van der Waals surface area contributed by atoms with Crippen molar-refractivity contribution in [1.82, 2.24) is 9.47 Å². The van der Waals surface area contributed by atoms with E-state index >= 15 is 0 Å². The van der Waals surface area contributed by atoms with E-state index in [0.717, 1.165) is 4.90 Å². The number of benzene rings is 2. The Hall–Kier alpha value is -3.75. The number of nitrogens with zero attached hydrogens (tertiary/aromatic N) is 2. The van der Waals surface area contributed by atoms with Gasteiger partial charge in [-0.05, 0) is 29.8 Å². The van der Waals surface area contributed by atoms with Crippen LogP contribution >= 0.6 is 0 Å². The molecule has 1 aliphatic rings. The third-order valence-electron chi connectivity index (χ3n) is 5.44. The first-order valence-corrected chi connectivity index (χ1v) is 9.68. The zero-order valence-corrected chi connectivity index (χ0v) is 16.6. The van der Waals surface area contributed by atoms with E-state index in [1.165, 1.54) is 0 Å². The number of likely N-dealkylation sites (tertiary alicyclic amines) is 1. The van der Waals surface area contributed by atoms with Crippen molar-refractivity contribution in [1.29, 1.82) is 5.41 Å². The lowest BCUT2D eigenvalue weighted by Crippen LogP contribution is -2.32. The Morgan fingerprint density at radius 3 is 2.48 bits per heavy atom. The van der Waals surface area contributed by atoms with Gasteiger partial charge in [0.1, 0.15) is 11.5 Å². The molecule has 9 heteroatoms. The topological polar surface area (TPSA) is 118 Å². The fraction of sp³-hybridized carbons (Fsp3) is 0.227. The molecule has 0 unspecified atom stereocenters. The monoisotopic (exact) mass is 425 g/mol. The Bertz CT molecular complexity index is 1220. The molecule has 2 heterocycles. The smallest absolute Gasteiger partial charge is 0.270 e. The molecule has 1 aromatic heterocycles. The highest BCUT2D eigenvalue weighted by atomic mass is 19.3. The summed E-state index contributed by atoms with van der Waals surface area (Å²) in [4.78, 5) is 25.8. The van der Waals surface area contributed by atoms with Gasteiger partial charge in [-0.2, -0.15) is 0 Å². The van der Waals surface area contributed by atoms with Crippen LogP contribution < -0.4 is 11.5 Å². The van der Waals surface area contributed by atoms with Gasteiger partial charge in [-0.15, -0.1) is 0 Å². The SMILES string of the molecule is N=C(N)c1ccc2cc(C(=O)N3CCC(F)(F)C3)n(Cc3cccc(C(N)=O)c3)c2c1. The van der Waals surface area contributed by atoms with Gasteiger partial charge in [0.05, 0.1) is 6.54 Å². The van der Waals surface area contributed by atoms with E-state index in [1.807, 2.05) is 0 Å². The first-order valence-electron chi connectivity index (χ1n) is 9.68. The van der Waals surface area contributed by atoms with Gasteiger partial charge in [0, 0.05) is 41.5 Å². The summed E-state index contributed by atoms with van der Waals surface area (Å²) in [5, 5.41) is 8.42. The van der Waals surface area contributed by atoms with E-state index < -0.39 is 24.3 Å². The number of nitrogens with two attached hydrogens (primary N) is 2. The van der Waals surface area contributed by atoms with E-state index in [4.69, 9.17) is 16.9 Å². The maximum Gasteiger partial charge on any atom is 0.270 e. The van der Waals surface area contributed by atoms with Gasteiger partial charge in [0.15, 0.2) is 0 Å². The van der Waals surface area contributed by atoms with Crippen LogP contribution in [0.15, 0.2) is 48.5 Å². The van der Waals surface area contributed by atoms with Crippen molar-refractivity contribution in [3.8, 4) is 0 Å². The maximum absolute atomic E-state index is 13.7. The molecule has 31 heavy (non-hydrogen) atoms.